The minimum absolute atomic E-state index is 0.186. The van der Waals surface area contributed by atoms with E-state index in [0.717, 1.165) is 12.0 Å². The van der Waals surface area contributed by atoms with Gasteiger partial charge in [-0.3, -0.25) is 14.5 Å². The molecule has 0 atom stereocenters. The molecule has 0 saturated heterocycles. The number of carbonyl (C=O) groups is 2. The fraction of sp³-hybridized carbons (Fsp3) is 0.286. The van der Waals surface area contributed by atoms with Gasteiger partial charge in [0.15, 0.2) is 0 Å². The molecule has 17 heavy (non-hydrogen) atoms. The number of hydrogen-bond donors (Lipinski definition) is 0. The summed E-state index contributed by atoms with van der Waals surface area (Å²) >= 11 is 0. The number of benzene rings is 1. The Morgan fingerprint density at radius 2 is 1.65 bits per heavy atom. The number of carbonyl (C=O) groups excluding carboxylic acids is 2. The van der Waals surface area contributed by atoms with Crippen molar-refractivity contribution in [2.75, 3.05) is 0 Å². The Kier molecular flexibility index (Phi) is 3.09. The van der Waals surface area contributed by atoms with E-state index in [-0.39, 0.29) is 11.8 Å². The molecule has 1 aliphatic rings. The Balaban J connectivity index is 2.11. The number of amides is 2. The Morgan fingerprint density at radius 3 is 2.12 bits per heavy atom. The molecule has 0 spiro atoms. The van der Waals surface area contributed by atoms with E-state index in [4.69, 9.17) is 0 Å². The van der Waals surface area contributed by atoms with Crippen LogP contribution in [0.25, 0.3) is 0 Å². The molecular formula is C14H15NO2. The first-order valence-corrected chi connectivity index (χ1v) is 5.73. The second-order valence-electron chi connectivity index (χ2n) is 4.23. The topological polar surface area (TPSA) is 37.4 Å². The third-order valence-corrected chi connectivity index (χ3v) is 2.96. The molecule has 0 aromatic heterocycles. The fourth-order valence-corrected chi connectivity index (χ4v) is 1.85. The van der Waals surface area contributed by atoms with E-state index in [1.807, 2.05) is 24.3 Å². The van der Waals surface area contributed by atoms with Crippen LogP contribution in [0.1, 0.15) is 25.0 Å². The van der Waals surface area contributed by atoms with Crippen LogP contribution >= 0.6 is 0 Å². The molecule has 0 N–H and O–H groups in total. The molecule has 2 amide bonds. The number of hydrogen-bond acceptors (Lipinski definition) is 2. The molecule has 1 aromatic carbocycles. The second kappa shape index (κ2) is 4.53. The van der Waals surface area contributed by atoms with Gasteiger partial charge in [-0.15, -0.1) is 0 Å². The lowest BCUT2D eigenvalue weighted by Gasteiger charge is -2.14. The van der Waals surface area contributed by atoms with Gasteiger partial charge in [-0.25, -0.2) is 0 Å². The average Bonchev–Trinajstić information content (AvgIpc) is 2.57. The van der Waals surface area contributed by atoms with E-state index >= 15 is 0 Å². The molecule has 1 heterocycles. The van der Waals surface area contributed by atoms with Crippen LogP contribution in [-0.2, 0) is 22.6 Å². The van der Waals surface area contributed by atoms with Gasteiger partial charge < -0.3 is 0 Å². The Morgan fingerprint density at radius 1 is 1.06 bits per heavy atom. The molecule has 0 radical (unpaired) electrons. The summed E-state index contributed by atoms with van der Waals surface area (Å²) in [5, 5.41) is 0. The van der Waals surface area contributed by atoms with Gasteiger partial charge in [0, 0.05) is 11.6 Å². The SMILES string of the molecule is CCc1ccc(CN2C(=O)C=C(C)C2=O)cc1. The van der Waals surface area contributed by atoms with E-state index in [0.29, 0.717) is 12.1 Å². The zero-order valence-corrected chi connectivity index (χ0v) is 10.1. The zero-order valence-electron chi connectivity index (χ0n) is 10.1. The molecular weight excluding hydrogens is 214 g/mol. The van der Waals surface area contributed by atoms with Crippen LogP contribution in [0.4, 0.5) is 0 Å². The number of rotatable bonds is 3. The predicted octanol–water partition coefficient (Wildman–Crippen LogP) is 2.06. The highest BCUT2D eigenvalue weighted by Gasteiger charge is 2.27. The van der Waals surface area contributed by atoms with Crippen LogP contribution < -0.4 is 0 Å². The van der Waals surface area contributed by atoms with Gasteiger partial charge in [0.05, 0.1) is 6.54 Å². The maximum atomic E-state index is 11.7. The summed E-state index contributed by atoms with van der Waals surface area (Å²) in [5.74, 6) is -0.401. The number of nitrogens with zero attached hydrogens (tertiary/aromatic N) is 1. The summed E-state index contributed by atoms with van der Waals surface area (Å²) in [6.07, 6.45) is 2.38. The van der Waals surface area contributed by atoms with Crippen molar-refractivity contribution in [3.05, 3.63) is 47.0 Å². The van der Waals surface area contributed by atoms with Crippen molar-refractivity contribution in [3.8, 4) is 0 Å². The zero-order chi connectivity index (χ0) is 12.4. The summed E-state index contributed by atoms with van der Waals surface area (Å²) in [7, 11) is 0. The van der Waals surface area contributed by atoms with Gasteiger partial charge in [0.2, 0.25) is 0 Å². The van der Waals surface area contributed by atoms with Crippen LogP contribution in [0.15, 0.2) is 35.9 Å². The smallest absolute Gasteiger partial charge is 0.256 e. The highest BCUT2D eigenvalue weighted by molar-refractivity contribution is 6.15. The van der Waals surface area contributed by atoms with E-state index < -0.39 is 0 Å². The number of aryl methyl sites for hydroxylation is 1. The van der Waals surface area contributed by atoms with E-state index in [1.165, 1.54) is 16.5 Å². The van der Waals surface area contributed by atoms with Gasteiger partial charge >= 0.3 is 0 Å². The Labute approximate surface area is 101 Å². The van der Waals surface area contributed by atoms with E-state index in [1.54, 1.807) is 6.92 Å². The van der Waals surface area contributed by atoms with E-state index in [9.17, 15) is 9.59 Å². The van der Waals surface area contributed by atoms with Crippen LogP contribution in [0, 0.1) is 0 Å². The first-order valence-electron chi connectivity index (χ1n) is 5.73. The van der Waals surface area contributed by atoms with Crippen molar-refractivity contribution < 1.29 is 9.59 Å². The monoisotopic (exact) mass is 229 g/mol. The Bertz CT molecular complexity index is 485. The molecule has 1 aromatic rings. The van der Waals surface area contributed by atoms with Crippen LogP contribution in [0.5, 0.6) is 0 Å². The third kappa shape index (κ3) is 2.28. The van der Waals surface area contributed by atoms with Crippen LogP contribution in [0.2, 0.25) is 0 Å². The summed E-state index contributed by atoms with van der Waals surface area (Å²) in [6, 6.07) is 7.99. The molecule has 1 aliphatic heterocycles. The molecule has 0 bridgehead atoms. The van der Waals surface area contributed by atoms with Gasteiger partial charge in [-0.05, 0) is 24.5 Å². The largest absolute Gasteiger partial charge is 0.271 e. The van der Waals surface area contributed by atoms with Crippen LogP contribution in [-0.4, -0.2) is 16.7 Å². The van der Waals surface area contributed by atoms with Gasteiger partial charge in [-0.2, -0.15) is 0 Å². The lowest BCUT2D eigenvalue weighted by Crippen LogP contribution is -2.30. The van der Waals surface area contributed by atoms with Crippen molar-refractivity contribution in [1.82, 2.24) is 4.90 Å². The maximum absolute atomic E-state index is 11.7. The molecule has 2 rings (SSSR count). The first kappa shape index (κ1) is 11.6. The molecule has 3 nitrogen and oxygen atoms in total. The molecule has 3 heteroatoms. The highest BCUT2D eigenvalue weighted by atomic mass is 16.2. The summed E-state index contributed by atoms with van der Waals surface area (Å²) in [4.78, 5) is 24.5. The highest BCUT2D eigenvalue weighted by Crippen LogP contribution is 2.16. The van der Waals surface area contributed by atoms with Crippen molar-refractivity contribution in [2.45, 2.75) is 26.8 Å². The quantitative estimate of drug-likeness (QED) is 0.744. The average molecular weight is 229 g/mol. The van der Waals surface area contributed by atoms with Gasteiger partial charge in [0.25, 0.3) is 11.8 Å². The normalized spacial score (nSPS) is 15.4. The van der Waals surface area contributed by atoms with Crippen molar-refractivity contribution in [1.29, 1.82) is 0 Å². The predicted molar refractivity (Wildman–Crippen MR) is 65.1 cm³/mol. The third-order valence-electron chi connectivity index (χ3n) is 2.96. The summed E-state index contributed by atoms with van der Waals surface area (Å²) < 4.78 is 0. The van der Waals surface area contributed by atoms with E-state index in [2.05, 4.69) is 6.92 Å². The Hall–Kier alpha value is -1.90. The molecule has 0 aliphatic carbocycles. The lowest BCUT2D eigenvalue weighted by atomic mass is 10.1. The minimum Gasteiger partial charge on any atom is -0.271 e. The van der Waals surface area contributed by atoms with Gasteiger partial charge in [0.1, 0.15) is 0 Å². The molecule has 0 saturated carbocycles. The standard InChI is InChI=1S/C14H15NO2/c1-3-11-4-6-12(7-5-11)9-15-13(16)8-10(2)14(15)17/h4-8H,3,9H2,1-2H3. The minimum atomic E-state index is -0.216. The van der Waals surface area contributed by atoms with Crippen LogP contribution in [0.3, 0.4) is 0 Å². The molecule has 88 valence electrons. The van der Waals surface area contributed by atoms with Crippen molar-refractivity contribution >= 4 is 11.8 Å². The fourth-order valence-electron chi connectivity index (χ4n) is 1.85. The summed E-state index contributed by atoms with van der Waals surface area (Å²) in [5.41, 5.74) is 2.74. The molecule has 0 unspecified atom stereocenters. The van der Waals surface area contributed by atoms with Crippen molar-refractivity contribution in [3.63, 3.8) is 0 Å². The maximum Gasteiger partial charge on any atom is 0.256 e. The summed E-state index contributed by atoms with van der Waals surface area (Å²) in [6.45, 7) is 4.12. The van der Waals surface area contributed by atoms with Crippen molar-refractivity contribution in [2.24, 2.45) is 0 Å². The number of imide groups is 1. The first-order chi connectivity index (χ1) is 8.11. The second-order valence-corrected chi connectivity index (χ2v) is 4.23. The lowest BCUT2D eigenvalue weighted by molar-refractivity contribution is -0.137. The van der Waals surface area contributed by atoms with Gasteiger partial charge in [-0.1, -0.05) is 31.2 Å². The molecule has 0 fully saturated rings.